The number of hydrogen-bond acceptors (Lipinski definition) is 6. The number of ether oxygens (including phenoxy) is 2. The molecule has 1 N–H and O–H groups in total. The third-order valence-corrected chi connectivity index (χ3v) is 3.83. The molecule has 3 heterocycles. The van der Waals surface area contributed by atoms with Gasteiger partial charge in [0.2, 0.25) is 0 Å². The molecule has 3 rings (SSSR count). The fraction of sp³-hybridized carbons (Fsp3) is 0.643. The van der Waals surface area contributed by atoms with Crippen molar-refractivity contribution in [1.29, 1.82) is 0 Å². The van der Waals surface area contributed by atoms with Crippen LogP contribution in [0.3, 0.4) is 0 Å². The topological polar surface area (TPSA) is 84.8 Å². The average molecular weight is 293 g/mol. The van der Waals surface area contributed by atoms with Crippen molar-refractivity contribution in [3.05, 3.63) is 18.1 Å². The second kappa shape index (κ2) is 4.92. The maximum Gasteiger partial charge on any atom is 0.341 e. The highest BCUT2D eigenvalue weighted by Gasteiger charge is 2.47. The van der Waals surface area contributed by atoms with Crippen molar-refractivity contribution in [3.63, 3.8) is 0 Å². The largest absolute Gasteiger partial charge is 0.477 e. The molecule has 7 heteroatoms. The molecule has 1 spiro atoms. The average Bonchev–Trinajstić information content (AvgIpc) is 2.84. The van der Waals surface area contributed by atoms with E-state index in [1.807, 2.05) is 18.7 Å². The number of hydrogen-bond donors (Lipinski definition) is 1. The molecule has 1 unspecified atom stereocenters. The molecule has 2 saturated heterocycles. The Morgan fingerprint density at radius 2 is 2.24 bits per heavy atom. The van der Waals surface area contributed by atoms with Crippen LogP contribution >= 0.6 is 0 Å². The predicted octanol–water partition coefficient (Wildman–Crippen LogP) is 0.949. The summed E-state index contributed by atoms with van der Waals surface area (Å²) in [7, 11) is 0. The highest BCUT2D eigenvalue weighted by atomic mass is 16.6. The van der Waals surface area contributed by atoms with Crippen LogP contribution in [0.1, 0.15) is 30.6 Å². The van der Waals surface area contributed by atoms with E-state index in [1.54, 1.807) is 0 Å². The summed E-state index contributed by atoms with van der Waals surface area (Å²) in [5.74, 6) is -0.577. The molecule has 0 aromatic carbocycles. The second-order valence-corrected chi connectivity index (χ2v) is 6.27. The number of aromatic nitrogens is 2. The summed E-state index contributed by atoms with van der Waals surface area (Å²) in [4.78, 5) is 21.3. The van der Waals surface area contributed by atoms with Crippen LogP contribution in [0.25, 0.3) is 0 Å². The first-order chi connectivity index (χ1) is 9.91. The van der Waals surface area contributed by atoms with E-state index in [9.17, 15) is 9.90 Å². The van der Waals surface area contributed by atoms with E-state index < -0.39 is 11.6 Å². The Morgan fingerprint density at radius 3 is 2.90 bits per heavy atom. The number of aromatic carboxylic acids is 1. The molecule has 0 amide bonds. The normalized spacial score (nSPS) is 28.0. The van der Waals surface area contributed by atoms with Crippen LogP contribution in [-0.2, 0) is 9.47 Å². The molecule has 0 bridgehead atoms. The summed E-state index contributed by atoms with van der Waals surface area (Å²) >= 11 is 0. The molecule has 114 valence electrons. The summed E-state index contributed by atoms with van der Waals surface area (Å²) in [5, 5.41) is 9.32. The van der Waals surface area contributed by atoms with E-state index >= 15 is 0 Å². The molecule has 1 aromatic rings. The first-order valence-electron chi connectivity index (χ1n) is 6.97. The summed E-state index contributed by atoms with van der Waals surface area (Å²) in [6, 6.07) is 0. The molecule has 21 heavy (non-hydrogen) atoms. The van der Waals surface area contributed by atoms with Gasteiger partial charge in [0, 0.05) is 25.8 Å². The minimum Gasteiger partial charge on any atom is -0.477 e. The number of carbonyl (C=O) groups is 1. The van der Waals surface area contributed by atoms with Crippen molar-refractivity contribution in [1.82, 2.24) is 9.97 Å². The Bertz CT molecular complexity index is 555. The van der Waals surface area contributed by atoms with Crippen molar-refractivity contribution in [2.45, 2.75) is 31.5 Å². The van der Waals surface area contributed by atoms with Gasteiger partial charge in [-0.2, -0.15) is 0 Å². The molecular weight excluding hydrogens is 274 g/mol. The SMILES string of the molecule is CC1(C)CN(c2ncncc2C(=O)O)CC2(CCOC2)O1. The van der Waals surface area contributed by atoms with E-state index in [4.69, 9.17) is 9.47 Å². The van der Waals surface area contributed by atoms with Crippen LogP contribution in [0.2, 0.25) is 0 Å². The Hall–Kier alpha value is -1.73. The molecule has 7 nitrogen and oxygen atoms in total. The summed E-state index contributed by atoms with van der Waals surface area (Å²) < 4.78 is 11.7. The van der Waals surface area contributed by atoms with E-state index in [2.05, 4.69) is 9.97 Å². The maximum absolute atomic E-state index is 11.4. The molecular formula is C14H19N3O4. The molecule has 2 fully saturated rings. The highest BCUT2D eigenvalue weighted by molar-refractivity contribution is 5.92. The van der Waals surface area contributed by atoms with Gasteiger partial charge in [-0.05, 0) is 13.8 Å². The molecule has 0 saturated carbocycles. The summed E-state index contributed by atoms with van der Waals surface area (Å²) in [6.07, 6.45) is 3.52. The van der Waals surface area contributed by atoms with Crippen molar-refractivity contribution in [2.75, 3.05) is 31.2 Å². The van der Waals surface area contributed by atoms with Gasteiger partial charge in [-0.15, -0.1) is 0 Å². The van der Waals surface area contributed by atoms with E-state index in [1.165, 1.54) is 12.5 Å². The predicted molar refractivity (Wildman–Crippen MR) is 74.5 cm³/mol. The first-order valence-corrected chi connectivity index (χ1v) is 6.97. The first kappa shape index (κ1) is 14.2. The third-order valence-electron chi connectivity index (χ3n) is 3.83. The highest BCUT2D eigenvalue weighted by Crippen LogP contribution is 2.36. The Kier molecular flexibility index (Phi) is 3.33. The monoisotopic (exact) mass is 293 g/mol. The molecule has 2 aliphatic rings. The number of anilines is 1. The number of morpholine rings is 1. The van der Waals surface area contributed by atoms with Gasteiger partial charge < -0.3 is 19.5 Å². The Balaban J connectivity index is 1.96. The molecule has 1 atom stereocenters. The zero-order chi connectivity index (χ0) is 15.1. The number of carboxylic acid groups (broad SMARTS) is 1. The quantitative estimate of drug-likeness (QED) is 0.868. The Labute approximate surface area is 122 Å². The number of rotatable bonds is 2. The van der Waals surface area contributed by atoms with Crippen LogP contribution < -0.4 is 4.90 Å². The molecule has 2 aliphatic heterocycles. The lowest BCUT2D eigenvalue weighted by Gasteiger charge is -2.48. The number of nitrogens with zero attached hydrogens (tertiary/aromatic N) is 3. The fourth-order valence-electron chi connectivity index (χ4n) is 3.18. The lowest BCUT2D eigenvalue weighted by Crippen LogP contribution is -2.60. The lowest BCUT2D eigenvalue weighted by atomic mass is 9.94. The van der Waals surface area contributed by atoms with E-state index in [0.717, 1.165) is 6.42 Å². The van der Waals surface area contributed by atoms with Crippen LogP contribution in [-0.4, -0.2) is 58.5 Å². The van der Waals surface area contributed by atoms with Crippen molar-refractivity contribution in [3.8, 4) is 0 Å². The van der Waals surface area contributed by atoms with Gasteiger partial charge >= 0.3 is 5.97 Å². The van der Waals surface area contributed by atoms with E-state index in [0.29, 0.717) is 32.1 Å². The molecule has 0 radical (unpaired) electrons. The molecule has 1 aromatic heterocycles. The number of carboxylic acids is 1. The van der Waals surface area contributed by atoms with Gasteiger partial charge in [0.15, 0.2) is 0 Å². The lowest BCUT2D eigenvalue weighted by molar-refractivity contribution is -0.151. The van der Waals surface area contributed by atoms with Crippen molar-refractivity contribution >= 4 is 11.8 Å². The van der Waals surface area contributed by atoms with Gasteiger partial charge in [0.25, 0.3) is 0 Å². The van der Waals surface area contributed by atoms with Crippen LogP contribution in [0.4, 0.5) is 5.82 Å². The minimum atomic E-state index is -1.02. The van der Waals surface area contributed by atoms with Gasteiger partial charge in [-0.25, -0.2) is 14.8 Å². The van der Waals surface area contributed by atoms with Crippen LogP contribution in [0, 0.1) is 0 Å². The second-order valence-electron chi connectivity index (χ2n) is 6.27. The van der Waals surface area contributed by atoms with Gasteiger partial charge in [-0.3, -0.25) is 0 Å². The van der Waals surface area contributed by atoms with Gasteiger partial charge in [0.1, 0.15) is 23.3 Å². The smallest absolute Gasteiger partial charge is 0.341 e. The maximum atomic E-state index is 11.4. The fourth-order valence-corrected chi connectivity index (χ4v) is 3.18. The third kappa shape index (κ3) is 2.71. The van der Waals surface area contributed by atoms with Crippen molar-refractivity contribution in [2.24, 2.45) is 0 Å². The minimum absolute atomic E-state index is 0.115. The van der Waals surface area contributed by atoms with Crippen molar-refractivity contribution < 1.29 is 19.4 Å². The standard InChI is InChI=1S/C14H19N3O4/c1-13(2)6-17(7-14(21-13)3-4-20-8-14)11-10(12(18)19)5-15-9-16-11/h5,9H,3-4,6-8H2,1-2H3,(H,18,19). The van der Waals surface area contributed by atoms with Crippen LogP contribution in [0.15, 0.2) is 12.5 Å². The van der Waals surface area contributed by atoms with Gasteiger partial charge in [-0.1, -0.05) is 0 Å². The zero-order valence-electron chi connectivity index (χ0n) is 12.2. The zero-order valence-corrected chi connectivity index (χ0v) is 12.2. The van der Waals surface area contributed by atoms with Crippen LogP contribution in [0.5, 0.6) is 0 Å². The van der Waals surface area contributed by atoms with E-state index in [-0.39, 0.29) is 11.2 Å². The summed E-state index contributed by atoms with van der Waals surface area (Å²) in [5.41, 5.74) is -0.668. The Morgan fingerprint density at radius 1 is 1.43 bits per heavy atom. The molecule has 0 aliphatic carbocycles. The summed E-state index contributed by atoms with van der Waals surface area (Å²) in [6.45, 7) is 6.35. The van der Waals surface area contributed by atoms with Gasteiger partial charge in [0.05, 0.1) is 18.8 Å².